The van der Waals surface area contributed by atoms with Crippen molar-refractivity contribution in [1.29, 1.82) is 0 Å². The molecule has 0 aliphatic carbocycles. The molecule has 0 bridgehead atoms. The molecular weight excluding hydrogens is 390 g/mol. The first-order valence-corrected chi connectivity index (χ1v) is 10.9. The lowest BCUT2D eigenvalue weighted by atomic mass is 9.85. The fourth-order valence-electron chi connectivity index (χ4n) is 3.81. The van der Waals surface area contributed by atoms with Crippen molar-refractivity contribution >= 4 is 11.8 Å². The number of carbonyl (C=O) groups is 2. The molecular formula is C25H33N3O3. The average Bonchev–Trinajstić information content (AvgIpc) is 2.76. The first-order valence-electron chi connectivity index (χ1n) is 10.9. The fraction of sp³-hybridized carbons (Fsp3) is 0.480. The molecule has 0 spiro atoms. The summed E-state index contributed by atoms with van der Waals surface area (Å²) in [6.07, 6.45) is 4.96. The molecule has 0 radical (unpaired) electrons. The monoisotopic (exact) mass is 423 g/mol. The van der Waals surface area contributed by atoms with Crippen LogP contribution in [0.2, 0.25) is 0 Å². The van der Waals surface area contributed by atoms with E-state index in [1.165, 1.54) is 5.56 Å². The van der Waals surface area contributed by atoms with E-state index < -0.39 is 0 Å². The number of rotatable bonds is 6. The third-order valence-corrected chi connectivity index (χ3v) is 5.74. The number of likely N-dealkylation sites (tertiary alicyclic amines) is 1. The van der Waals surface area contributed by atoms with Gasteiger partial charge in [0.25, 0.3) is 11.8 Å². The highest BCUT2D eigenvalue weighted by Gasteiger charge is 2.25. The van der Waals surface area contributed by atoms with Gasteiger partial charge in [-0.15, -0.1) is 0 Å². The van der Waals surface area contributed by atoms with Crippen molar-refractivity contribution in [1.82, 2.24) is 15.2 Å². The SMILES string of the molecule is Cc1ccc(OCC(=O)N2CCC(CNC(=O)c3cccnc3)CC2)c(C(C)(C)C)c1. The Morgan fingerprint density at radius 2 is 1.94 bits per heavy atom. The molecule has 1 N–H and O–H groups in total. The summed E-state index contributed by atoms with van der Waals surface area (Å²) < 4.78 is 5.93. The van der Waals surface area contributed by atoms with Crippen molar-refractivity contribution in [2.45, 2.75) is 46.0 Å². The highest BCUT2D eigenvalue weighted by atomic mass is 16.5. The Morgan fingerprint density at radius 3 is 2.58 bits per heavy atom. The van der Waals surface area contributed by atoms with Crippen LogP contribution in [0.4, 0.5) is 0 Å². The van der Waals surface area contributed by atoms with Gasteiger partial charge in [0, 0.05) is 32.0 Å². The van der Waals surface area contributed by atoms with Crippen LogP contribution in [0.3, 0.4) is 0 Å². The molecule has 1 aromatic carbocycles. The van der Waals surface area contributed by atoms with E-state index in [4.69, 9.17) is 4.74 Å². The maximum Gasteiger partial charge on any atom is 0.260 e. The van der Waals surface area contributed by atoms with Crippen LogP contribution < -0.4 is 10.1 Å². The molecule has 6 heteroatoms. The van der Waals surface area contributed by atoms with Crippen LogP contribution in [0, 0.1) is 12.8 Å². The van der Waals surface area contributed by atoms with E-state index in [9.17, 15) is 9.59 Å². The van der Waals surface area contributed by atoms with Crippen molar-refractivity contribution in [3.63, 3.8) is 0 Å². The second kappa shape index (κ2) is 9.94. The molecule has 6 nitrogen and oxygen atoms in total. The smallest absolute Gasteiger partial charge is 0.260 e. The fourth-order valence-corrected chi connectivity index (χ4v) is 3.81. The number of pyridine rings is 1. The molecule has 0 saturated carbocycles. The van der Waals surface area contributed by atoms with E-state index in [0.29, 0.717) is 31.1 Å². The molecule has 0 unspecified atom stereocenters. The second-order valence-corrected chi connectivity index (χ2v) is 9.31. The van der Waals surface area contributed by atoms with Gasteiger partial charge in [-0.25, -0.2) is 0 Å². The van der Waals surface area contributed by atoms with Gasteiger partial charge in [0.15, 0.2) is 6.61 Å². The number of piperidine rings is 1. The standard InChI is InChI=1S/C25H33N3O3/c1-18-7-8-22(21(14-18)25(2,3)4)31-17-23(29)28-12-9-19(10-13-28)15-27-24(30)20-6-5-11-26-16-20/h5-8,11,14,16,19H,9-10,12-13,15,17H2,1-4H3,(H,27,30). The molecule has 0 atom stereocenters. The van der Waals surface area contributed by atoms with Gasteiger partial charge in [0.1, 0.15) is 5.75 Å². The molecule has 2 aromatic rings. The third kappa shape index (κ3) is 6.29. The van der Waals surface area contributed by atoms with Crippen LogP contribution in [0.1, 0.15) is 55.1 Å². The summed E-state index contributed by atoms with van der Waals surface area (Å²) in [7, 11) is 0. The van der Waals surface area contributed by atoms with E-state index >= 15 is 0 Å². The van der Waals surface area contributed by atoms with Gasteiger partial charge in [0.05, 0.1) is 5.56 Å². The highest BCUT2D eigenvalue weighted by molar-refractivity contribution is 5.93. The molecule has 2 amide bonds. The van der Waals surface area contributed by atoms with Crippen LogP contribution >= 0.6 is 0 Å². The van der Waals surface area contributed by atoms with Gasteiger partial charge in [0.2, 0.25) is 0 Å². The summed E-state index contributed by atoms with van der Waals surface area (Å²) in [5.41, 5.74) is 2.81. The van der Waals surface area contributed by atoms with E-state index in [1.807, 2.05) is 17.0 Å². The van der Waals surface area contributed by atoms with Crippen LogP contribution in [0.5, 0.6) is 5.75 Å². The lowest BCUT2D eigenvalue weighted by Crippen LogP contribution is -2.43. The zero-order valence-corrected chi connectivity index (χ0v) is 19.0. The minimum absolute atomic E-state index is 0.0123. The van der Waals surface area contributed by atoms with Crippen LogP contribution in [-0.4, -0.2) is 47.9 Å². The van der Waals surface area contributed by atoms with Crippen LogP contribution in [0.25, 0.3) is 0 Å². The van der Waals surface area contributed by atoms with Crippen molar-refractivity contribution in [2.24, 2.45) is 5.92 Å². The van der Waals surface area contributed by atoms with Crippen molar-refractivity contribution in [3.8, 4) is 5.75 Å². The van der Waals surface area contributed by atoms with Gasteiger partial charge in [-0.1, -0.05) is 38.5 Å². The summed E-state index contributed by atoms with van der Waals surface area (Å²) >= 11 is 0. The molecule has 1 fully saturated rings. The number of amides is 2. The predicted molar refractivity (Wildman–Crippen MR) is 121 cm³/mol. The maximum absolute atomic E-state index is 12.7. The number of aryl methyl sites for hydroxylation is 1. The summed E-state index contributed by atoms with van der Waals surface area (Å²) in [5.74, 6) is 1.06. The normalized spacial score (nSPS) is 14.9. The zero-order valence-electron chi connectivity index (χ0n) is 19.0. The molecule has 31 heavy (non-hydrogen) atoms. The molecule has 1 saturated heterocycles. The molecule has 2 heterocycles. The topological polar surface area (TPSA) is 71.5 Å². The molecule has 1 aromatic heterocycles. The highest BCUT2D eigenvalue weighted by Crippen LogP contribution is 2.32. The Kier molecular flexibility index (Phi) is 7.31. The summed E-state index contributed by atoms with van der Waals surface area (Å²) in [6.45, 7) is 10.6. The van der Waals surface area contributed by atoms with E-state index in [-0.39, 0.29) is 23.8 Å². The largest absolute Gasteiger partial charge is 0.483 e. The number of nitrogens with zero attached hydrogens (tertiary/aromatic N) is 2. The Balaban J connectivity index is 1.45. The van der Waals surface area contributed by atoms with Gasteiger partial charge in [-0.2, -0.15) is 0 Å². The molecule has 166 valence electrons. The van der Waals surface area contributed by atoms with E-state index in [0.717, 1.165) is 24.2 Å². The van der Waals surface area contributed by atoms with E-state index in [1.54, 1.807) is 24.5 Å². The van der Waals surface area contributed by atoms with Crippen molar-refractivity contribution in [2.75, 3.05) is 26.2 Å². The van der Waals surface area contributed by atoms with Gasteiger partial charge in [-0.05, 0) is 54.9 Å². The number of carbonyl (C=O) groups excluding carboxylic acids is 2. The van der Waals surface area contributed by atoms with Crippen molar-refractivity contribution in [3.05, 3.63) is 59.4 Å². The third-order valence-electron chi connectivity index (χ3n) is 5.74. The van der Waals surface area contributed by atoms with Crippen LogP contribution in [-0.2, 0) is 10.2 Å². The summed E-state index contributed by atoms with van der Waals surface area (Å²) in [4.78, 5) is 30.7. The zero-order chi connectivity index (χ0) is 22.4. The predicted octanol–water partition coefficient (Wildman–Crippen LogP) is 3.73. The first-order chi connectivity index (χ1) is 14.7. The maximum atomic E-state index is 12.7. The Morgan fingerprint density at radius 1 is 1.19 bits per heavy atom. The minimum Gasteiger partial charge on any atom is -0.483 e. The van der Waals surface area contributed by atoms with Gasteiger partial charge >= 0.3 is 0 Å². The van der Waals surface area contributed by atoms with Crippen LogP contribution in [0.15, 0.2) is 42.7 Å². The van der Waals surface area contributed by atoms with Gasteiger partial charge in [-0.3, -0.25) is 14.6 Å². The number of nitrogens with one attached hydrogen (secondary N) is 1. The Bertz CT molecular complexity index is 898. The molecule has 1 aliphatic heterocycles. The number of hydrogen-bond acceptors (Lipinski definition) is 4. The Hall–Kier alpha value is -2.89. The summed E-state index contributed by atoms with van der Waals surface area (Å²) in [5, 5.41) is 2.98. The average molecular weight is 424 g/mol. The van der Waals surface area contributed by atoms with E-state index in [2.05, 4.69) is 44.1 Å². The van der Waals surface area contributed by atoms with Crippen molar-refractivity contribution < 1.29 is 14.3 Å². The number of hydrogen-bond donors (Lipinski definition) is 1. The number of aromatic nitrogens is 1. The molecule has 3 rings (SSSR count). The number of benzene rings is 1. The lowest BCUT2D eigenvalue weighted by molar-refractivity contribution is -0.134. The van der Waals surface area contributed by atoms with Gasteiger partial charge < -0.3 is 15.0 Å². The first kappa shape index (κ1) is 22.8. The quantitative estimate of drug-likeness (QED) is 0.768. The number of ether oxygens (including phenoxy) is 1. The summed E-state index contributed by atoms with van der Waals surface area (Å²) in [6, 6.07) is 9.61. The molecule has 1 aliphatic rings. The lowest BCUT2D eigenvalue weighted by Gasteiger charge is -2.32. The second-order valence-electron chi connectivity index (χ2n) is 9.31. The minimum atomic E-state index is -0.104. The Labute approximate surface area is 185 Å².